The summed E-state index contributed by atoms with van der Waals surface area (Å²) in [7, 11) is 0. The molecule has 0 spiro atoms. The van der Waals surface area contributed by atoms with E-state index < -0.39 is 17.8 Å². The van der Waals surface area contributed by atoms with Crippen molar-refractivity contribution < 1.29 is 14.3 Å². The highest BCUT2D eigenvalue weighted by Gasteiger charge is 2.20. The first kappa shape index (κ1) is 27.4. The third kappa shape index (κ3) is 7.95. The van der Waals surface area contributed by atoms with Gasteiger partial charge in [0, 0.05) is 31.0 Å². The number of anilines is 2. The Morgan fingerprint density at radius 2 is 2.03 bits per heavy atom. The Labute approximate surface area is 222 Å². The van der Waals surface area contributed by atoms with Crippen molar-refractivity contribution in [2.45, 2.75) is 65.0 Å². The van der Waals surface area contributed by atoms with Gasteiger partial charge in [-0.15, -0.1) is 0 Å². The molecule has 0 amide bonds. The van der Waals surface area contributed by atoms with Crippen molar-refractivity contribution in [3.05, 3.63) is 59.1 Å². The number of aliphatic carboxylic acids is 1. The minimum absolute atomic E-state index is 0.0973. The Balaban J connectivity index is 1.32. The second-order valence-electron chi connectivity index (χ2n) is 9.84. The summed E-state index contributed by atoms with van der Waals surface area (Å²) < 4.78 is 15.1. The zero-order valence-electron chi connectivity index (χ0n) is 22.2. The Kier molecular flexibility index (Phi) is 9.58. The van der Waals surface area contributed by atoms with Crippen LogP contribution in [0.2, 0.25) is 0 Å². The molecule has 3 aromatic rings. The number of aryl methyl sites for hydroxylation is 4. The van der Waals surface area contributed by atoms with Crippen LogP contribution in [0.25, 0.3) is 0 Å². The first-order valence-corrected chi connectivity index (χ1v) is 13.3. The maximum Gasteiger partial charge on any atom is 0.326 e. The second kappa shape index (κ2) is 13.3. The van der Waals surface area contributed by atoms with E-state index in [1.165, 1.54) is 5.56 Å². The number of nitrogens with one attached hydrogen (secondary N) is 2. The van der Waals surface area contributed by atoms with Gasteiger partial charge in [0.1, 0.15) is 11.9 Å². The molecule has 0 aromatic carbocycles. The van der Waals surface area contributed by atoms with Crippen LogP contribution < -0.4 is 10.6 Å². The Bertz CT molecular complexity index is 1200. The van der Waals surface area contributed by atoms with Crippen LogP contribution in [0.1, 0.15) is 48.3 Å². The molecule has 1 unspecified atom stereocenters. The lowest BCUT2D eigenvalue weighted by Crippen LogP contribution is -2.37. The van der Waals surface area contributed by atoms with Gasteiger partial charge in [0.25, 0.3) is 0 Å². The van der Waals surface area contributed by atoms with Gasteiger partial charge in [0.05, 0.1) is 24.6 Å². The van der Waals surface area contributed by atoms with Gasteiger partial charge in [-0.2, -0.15) is 5.10 Å². The molecule has 1 aliphatic rings. The predicted molar refractivity (Wildman–Crippen MR) is 144 cm³/mol. The predicted octanol–water partition coefficient (Wildman–Crippen LogP) is 3.46. The van der Waals surface area contributed by atoms with E-state index in [4.69, 9.17) is 4.98 Å². The van der Waals surface area contributed by atoms with E-state index in [1.54, 1.807) is 0 Å². The number of pyridine rings is 1. The van der Waals surface area contributed by atoms with Crippen LogP contribution in [0.15, 0.2) is 30.6 Å². The van der Waals surface area contributed by atoms with E-state index in [-0.39, 0.29) is 5.95 Å². The van der Waals surface area contributed by atoms with Crippen molar-refractivity contribution in [3.8, 4) is 0 Å². The first-order chi connectivity index (χ1) is 18.4. The number of hydrogen-bond donors (Lipinski definition) is 3. The standard InChI is InChI=1S/C27H37FN8O2/c1-19-16-20(2)36(34-19)15-14-35(13-10-24(26(37)38)33-27-30-17-22(28)18-31-27)12-4-3-7-23-9-8-21-6-5-11-29-25(21)32-23/h8-9,16-18,24H,3-7,10-15H2,1-2H3,(H,29,32)(H,37,38)(H,30,31,33). The molecule has 0 fully saturated rings. The minimum Gasteiger partial charge on any atom is -0.480 e. The van der Waals surface area contributed by atoms with Gasteiger partial charge in [0.2, 0.25) is 5.95 Å². The van der Waals surface area contributed by atoms with Crippen molar-refractivity contribution >= 4 is 17.7 Å². The molecule has 0 aliphatic carbocycles. The molecule has 4 rings (SSSR count). The fourth-order valence-electron chi connectivity index (χ4n) is 4.73. The Morgan fingerprint density at radius 3 is 2.76 bits per heavy atom. The number of hydrogen-bond acceptors (Lipinski definition) is 8. The van der Waals surface area contributed by atoms with Crippen LogP contribution in [0.4, 0.5) is 16.2 Å². The number of fused-ring (bicyclic) bond motifs is 1. The fourth-order valence-corrected chi connectivity index (χ4v) is 4.73. The molecule has 0 radical (unpaired) electrons. The zero-order chi connectivity index (χ0) is 26.9. The first-order valence-electron chi connectivity index (χ1n) is 13.3. The van der Waals surface area contributed by atoms with Gasteiger partial charge in [0.15, 0.2) is 5.82 Å². The zero-order valence-corrected chi connectivity index (χ0v) is 22.2. The van der Waals surface area contributed by atoms with Crippen LogP contribution in [0, 0.1) is 19.7 Å². The summed E-state index contributed by atoms with van der Waals surface area (Å²) in [6.45, 7) is 7.89. The number of unbranched alkanes of at least 4 members (excludes halogenated alkanes) is 1. The molecule has 1 atom stereocenters. The van der Waals surface area contributed by atoms with Crippen LogP contribution in [0.5, 0.6) is 0 Å². The summed E-state index contributed by atoms with van der Waals surface area (Å²) in [4.78, 5) is 26.6. The highest BCUT2D eigenvalue weighted by Crippen LogP contribution is 2.20. The lowest BCUT2D eigenvalue weighted by atomic mass is 10.1. The highest BCUT2D eigenvalue weighted by molar-refractivity contribution is 5.76. The molecular formula is C27H37FN8O2. The molecule has 3 aromatic heterocycles. The summed E-state index contributed by atoms with van der Waals surface area (Å²) >= 11 is 0. The Hall–Kier alpha value is -3.60. The van der Waals surface area contributed by atoms with Crippen LogP contribution in [-0.4, -0.2) is 72.9 Å². The van der Waals surface area contributed by atoms with E-state index in [1.807, 2.05) is 18.5 Å². The topological polar surface area (TPSA) is 121 Å². The summed E-state index contributed by atoms with van der Waals surface area (Å²) in [5.74, 6) is -0.444. The number of nitrogens with zero attached hydrogens (tertiary/aromatic N) is 6. The number of halogens is 1. The number of rotatable bonds is 14. The third-order valence-corrected chi connectivity index (χ3v) is 6.80. The molecule has 0 bridgehead atoms. The molecule has 11 heteroatoms. The van der Waals surface area contributed by atoms with Gasteiger partial charge in [-0.1, -0.05) is 6.07 Å². The fraction of sp³-hybridized carbons (Fsp3) is 0.519. The molecule has 3 N–H and O–H groups in total. The normalized spacial score (nSPS) is 13.7. The average molecular weight is 525 g/mol. The molecule has 1 aliphatic heterocycles. The average Bonchev–Trinajstić information content (AvgIpc) is 3.24. The van der Waals surface area contributed by atoms with E-state index in [2.05, 4.69) is 48.8 Å². The quantitative estimate of drug-likeness (QED) is 0.272. The maximum absolute atomic E-state index is 13.1. The van der Waals surface area contributed by atoms with E-state index >= 15 is 0 Å². The molecular weight excluding hydrogens is 487 g/mol. The van der Waals surface area contributed by atoms with E-state index in [0.717, 1.165) is 93.6 Å². The lowest BCUT2D eigenvalue weighted by molar-refractivity contribution is -0.138. The number of carbonyl (C=O) groups is 1. The number of carboxylic acids is 1. The Morgan fingerprint density at radius 1 is 1.21 bits per heavy atom. The van der Waals surface area contributed by atoms with Crippen molar-refractivity contribution in [2.75, 3.05) is 36.8 Å². The third-order valence-electron chi connectivity index (χ3n) is 6.80. The second-order valence-corrected chi connectivity index (χ2v) is 9.84. The van der Waals surface area contributed by atoms with Crippen LogP contribution in [0.3, 0.4) is 0 Å². The molecule has 38 heavy (non-hydrogen) atoms. The van der Waals surface area contributed by atoms with Gasteiger partial charge in [-0.3, -0.25) is 4.68 Å². The molecule has 0 saturated carbocycles. The minimum atomic E-state index is -0.997. The van der Waals surface area contributed by atoms with Crippen molar-refractivity contribution in [2.24, 2.45) is 0 Å². The van der Waals surface area contributed by atoms with Crippen molar-refractivity contribution in [1.82, 2.24) is 29.6 Å². The molecule has 10 nitrogen and oxygen atoms in total. The molecule has 4 heterocycles. The maximum atomic E-state index is 13.1. The monoisotopic (exact) mass is 524 g/mol. The van der Waals surface area contributed by atoms with Crippen molar-refractivity contribution in [3.63, 3.8) is 0 Å². The van der Waals surface area contributed by atoms with E-state index in [9.17, 15) is 14.3 Å². The molecule has 0 saturated heterocycles. The highest BCUT2D eigenvalue weighted by atomic mass is 19.1. The lowest BCUT2D eigenvalue weighted by Gasteiger charge is -2.24. The van der Waals surface area contributed by atoms with Crippen LogP contribution in [-0.2, 0) is 24.2 Å². The summed E-state index contributed by atoms with van der Waals surface area (Å²) in [6.07, 6.45) is 7.48. The van der Waals surface area contributed by atoms with E-state index in [0.29, 0.717) is 13.0 Å². The van der Waals surface area contributed by atoms with Gasteiger partial charge >= 0.3 is 5.97 Å². The number of aromatic nitrogens is 5. The van der Waals surface area contributed by atoms with Crippen LogP contribution >= 0.6 is 0 Å². The van der Waals surface area contributed by atoms with Gasteiger partial charge in [-0.25, -0.2) is 24.1 Å². The summed E-state index contributed by atoms with van der Waals surface area (Å²) in [6, 6.07) is 5.49. The largest absolute Gasteiger partial charge is 0.480 e. The molecule has 204 valence electrons. The number of carboxylic acid groups (broad SMARTS) is 1. The SMILES string of the molecule is Cc1cc(C)n(CCN(CCCCc2ccc3c(n2)NCCC3)CCC(Nc2ncc(F)cn2)C(=O)O)n1. The smallest absolute Gasteiger partial charge is 0.326 e. The van der Waals surface area contributed by atoms with Gasteiger partial charge < -0.3 is 20.6 Å². The summed E-state index contributed by atoms with van der Waals surface area (Å²) in [5.41, 5.74) is 4.48. The van der Waals surface area contributed by atoms with Gasteiger partial charge in [-0.05, 0) is 76.6 Å². The summed E-state index contributed by atoms with van der Waals surface area (Å²) in [5, 5.41) is 20.5. The van der Waals surface area contributed by atoms with Crippen molar-refractivity contribution in [1.29, 1.82) is 0 Å².